The van der Waals surface area contributed by atoms with E-state index in [1.54, 1.807) is 12.1 Å². The van der Waals surface area contributed by atoms with Crippen LogP contribution in [0, 0.1) is 0 Å². The van der Waals surface area contributed by atoms with Gasteiger partial charge in [0.2, 0.25) is 0 Å². The molecule has 0 saturated carbocycles. The van der Waals surface area contributed by atoms with Crippen LogP contribution in [0.4, 0.5) is 18.9 Å². The number of rotatable bonds is 5. The van der Waals surface area contributed by atoms with Gasteiger partial charge in [0, 0.05) is 24.3 Å². The molecule has 1 rings (SSSR count). The van der Waals surface area contributed by atoms with Gasteiger partial charge in [-0.25, -0.2) is 4.72 Å². The van der Waals surface area contributed by atoms with Crippen molar-refractivity contribution in [2.24, 2.45) is 0 Å². The molecule has 1 N–H and O–H groups in total. The minimum atomic E-state index is -5.69. The molecule has 0 spiro atoms. The van der Waals surface area contributed by atoms with E-state index in [1.165, 1.54) is 12.1 Å². The van der Waals surface area contributed by atoms with E-state index < -0.39 is 21.4 Å². The van der Waals surface area contributed by atoms with Crippen LogP contribution in [0.3, 0.4) is 0 Å². The van der Waals surface area contributed by atoms with Gasteiger partial charge in [-0.1, -0.05) is 0 Å². The van der Waals surface area contributed by atoms with Gasteiger partial charge in [0.05, 0.1) is 0 Å². The molecule has 5 nitrogen and oxygen atoms in total. The number of amides is 1. The van der Waals surface area contributed by atoms with Crippen molar-refractivity contribution in [1.82, 2.24) is 4.72 Å². The Hall–Kier alpha value is -1.77. The number of hydrogen-bond acceptors (Lipinski definition) is 4. The fraction of sp³-hybridized carbons (Fsp3) is 0.417. The van der Waals surface area contributed by atoms with Gasteiger partial charge in [-0.05, 0) is 38.1 Å². The van der Waals surface area contributed by atoms with Crippen molar-refractivity contribution in [3.05, 3.63) is 29.8 Å². The Bertz CT molecular complexity index is 593. The summed E-state index contributed by atoms with van der Waals surface area (Å²) in [6.45, 7) is 5.31. The van der Waals surface area contributed by atoms with E-state index in [2.05, 4.69) is 0 Å². The highest BCUT2D eigenvalue weighted by molar-refractivity contribution is 7.90. The molecular weight excluding hydrogens is 309 g/mol. The maximum atomic E-state index is 12.2. The molecule has 1 aromatic carbocycles. The summed E-state index contributed by atoms with van der Waals surface area (Å²) in [7, 11) is -5.69. The number of sulfonamides is 1. The molecule has 0 saturated heterocycles. The van der Waals surface area contributed by atoms with Gasteiger partial charge < -0.3 is 4.90 Å². The molecule has 0 radical (unpaired) electrons. The van der Waals surface area contributed by atoms with Gasteiger partial charge in [0.1, 0.15) is 0 Å². The van der Waals surface area contributed by atoms with E-state index in [1.807, 2.05) is 18.7 Å². The molecule has 0 atom stereocenters. The van der Waals surface area contributed by atoms with E-state index in [9.17, 15) is 26.4 Å². The molecule has 118 valence electrons. The third-order valence-electron chi connectivity index (χ3n) is 2.79. The Morgan fingerprint density at radius 3 is 2.00 bits per heavy atom. The van der Waals surface area contributed by atoms with Crippen LogP contribution in [-0.4, -0.2) is 32.9 Å². The molecule has 0 bridgehead atoms. The summed E-state index contributed by atoms with van der Waals surface area (Å²) in [5.41, 5.74) is -4.90. The highest BCUT2D eigenvalue weighted by Crippen LogP contribution is 2.22. The largest absolute Gasteiger partial charge is 0.516 e. The number of halogens is 3. The number of carbonyl (C=O) groups excluding carboxylic acids is 1. The van der Waals surface area contributed by atoms with Crippen LogP contribution >= 0.6 is 0 Å². The minimum absolute atomic E-state index is 0.168. The van der Waals surface area contributed by atoms with E-state index in [0.29, 0.717) is 0 Å². The Balaban J connectivity index is 2.91. The first-order valence-electron chi connectivity index (χ1n) is 6.10. The topological polar surface area (TPSA) is 66.5 Å². The van der Waals surface area contributed by atoms with Crippen molar-refractivity contribution in [3.8, 4) is 0 Å². The standard InChI is InChI=1S/C12H15F3N2O3S/c1-3-17(4-2)10-7-5-9(6-8-10)11(18)16-21(19,20)12(13,14)15/h5-8H,3-4H2,1-2H3,(H,16,18). The summed E-state index contributed by atoms with van der Waals surface area (Å²) in [4.78, 5) is 13.5. The fourth-order valence-electron chi connectivity index (χ4n) is 1.65. The van der Waals surface area contributed by atoms with E-state index in [0.717, 1.165) is 23.5 Å². The number of anilines is 1. The van der Waals surface area contributed by atoms with Crippen LogP contribution in [0.5, 0.6) is 0 Å². The average Bonchev–Trinajstić information content (AvgIpc) is 2.39. The quantitative estimate of drug-likeness (QED) is 0.901. The van der Waals surface area contributed by atoms with Crippen molar-refractivity contribution in [3.63, 3.8) is 0 Å². The van der Waals surface area contributed by atoms with Gasteiger partial charge in [0.15, 0.2) is 0 Å². The predicted octanol–water partition coefficient (Wildman–Crippen LogP) is 2.11. The first-order chi connectivity index (χ1) is 9.62. The van der Waals surface area contributed by atoms with Gasteiger partial charge in [0.25, 0.3) is 5.91 Å². The zero-order chi connectivity index (χ0) is 16.3. The summed E-state index contributed by atoms with van der Waals surface area (Å²) in [6, 6.07) is 5.63. The third-order valence-corrected chi connectivity index (χ3v) is 3.85. The Kier molecular flexibility index (Phi) is 5.21. The van der Waals surface area contributed by atoms with Crippen molar-refractivity contribution in [2.45, 2.75) is 19.4 Å². The molecule has 0 unspecified atom stereocenters. The van der Waals surface area contributed by atoms with Crippen molar-refractivity contribution in [2.75, 3.05) is 18.0 Å². The van der Waals surface area contributed by atoms with Crippen molar-refractivity contribution >= 4 is 21.6 Å². The van der Waals surface area contributed by atoms with Crippen LogP contribution in [0.1, 0.15) is 24.2 Å². The number of carbonyl (C=O) groups is 1. The summed E-state index contributed by atoms with van der Waals surface area (Å²) >= 11 is 0. The normalized spacial score (nSPS) is 12.0. The lowest BCUT2D eigenvalue weighted by atomic mass is 10.2. The number of nitrogens with one attached hydrogen (secondary N) is 1. The van der Waals surface area contributed by atoms with Gasteiger partial charge in [-0.2, -0.15) is 21.6 Å². The van der Waals surface area contributed by atoms with Crippen LogP contribution in [0.25, 0.3) is 0 Å². The summed E-state index contributed by atoms with van der Waals surface area (Å²) in [6.07, 6.45) is 0. The molecule has 0 fully saturated rings. The second-order valence-corrected chi connectivity index (χ2v) is 5.77. The second-order valence-electron chi connectivity index (χ2n) is 4.10. The third kappa shape index (κ3) is 4.10. The number of alkyl halides is 3. The molecule has 0 aliphatic heterocycles. The zero-order valence-corrected chi connectivity index (χ0v) is 12.3. The SMILES string of the molecule is CCN(CC)c1ccc(C(=O)NS(=O)(=O)C(F)(F)F)cc1. The van der Waals surface area contributed by atoms with Crippen LogP contribution in [0.15, 0.2) is 24.3 Å². The number of hydrogen-bond donors (Lipinski definition) is 1. The van der Waals surface area contributed by atoms with Crippen LogP contribution in [-0.2, 0) is 10.0 Å². The van der Waals surface area contributed by atoms with Crippen molar-refractivity contribution in [1.29, 1.82) is 0 Å². The first kappa shape index (κ1) is 17.3. The van der Waals surface area contributed by atoms with Gasteiger partial charge in [-0.15, -0.1) is 0 Å². The lowest BCUT2D eigenvalue weighted by molar-refractivity contribution is -0.0446. The van der Waals surface area contributed by atoms with E-state index in [-0.39, 0.29) is 5.56 Å². The molecule has 1 amide bonds. The van der Waals surface area contributed by atoms with Crippen molar-refractivity contribution < 1.29 is 26.4 Å². The van der Waals surface area contributed by atoms with E-state index >= 15 is 0 Å². The van der Waals surface area contributed by atoms with Gasteiger partial charge in [-0.3, -0.25) is 4.79 Å². The Morgan fingerprint density at radius 2 is 1.62 bits per heavy atom. The monoisotopic (exact) mass is 324 g/mol. The highest BCUT2D eigenvalue weighted by Gasteiger charge is 2.47. The molecule has 0 aliphatic rings. The second kappa shape index (κ2) is 6.33. The van der Waals surface area contributed by atoms with Crippen LogP contribution in [0.2, 0.25) is 0 Å². The summed E-state index contributed by atoms with van der Waals surface area (Å²) < 4.78 is 59.1. The molecule has 21 heavy (non-hydrogen) atoms. The van der Waals surface area contributed by atoms with E-state index in [4.69, 9.17) is 0 Å². The molecule has 0 aliphatic carbocycles. The lowest BCUT2D eigenvalue weighted by Crippen LogP contribution is -2.40. The predicted molar refractivity (Wildman–Crippen MR) is 72.4 cm³/mol. The number of benzene rings is 1. The van der Waals surface area contributed by atoms with Gasteiger partial charge >= 0.3 is 15.5 Å². The molecule has 9 heteroatoms. The molecular formula is C12H15F3N2O3S. The average molecular weight is 324 g/mol. The maximum Gasteiger partial charge on any atom is 0.516 e. The summed E-state index contributed by atoms with van der Waals surface area (Å²) in [5.74, 6) is -1.32. The lowest BCUT2D eigenvalue weighted by Gasteiger charge is -2.21. The maximum absolute atomic E-state index is 12.2. The number of nitrogens with zero attached hydrogens (tertiary/aromatic N) is 1. The fourth-order valence-corrected chi connectivity index (χ4v) is 2.13. The summed E-state index contributed by atoms with van der Waals surface area (Å²) in [5, 5.41) is 0. The zero-order valence-electron chi connectivity index (χ0n) is 11.4. The Morgan fingerprint density at radius 1 is 1.14 bits per heavy atom. The smallest absolute Gasteiger partial charge is 0.372 e. The molecule has 0 aromatic heterocycles. The minimum Gasteiger partial charge on any atom is -0.372 e. The highest BCUT2D eigenvalue weighted by atomic mass is 32.2. The molecule has 1 aromatic rings. The first-order valence-corrected chi connectivity index (χ1v) is 7.59. The molecule has 0 heterocycles. The van der Waals surface area contributed by atoms with Crippen LogP contribution < -0.4 is 9.62 Å². The Labute approximate surface area is 120 Å².